The summed E-state index contributed by atoms with van der Waals surface area (Å²) in [7, 11) is 0. The number of thiazole rings is 1. The third-order valence-electron chi connectivity index (χ3n) is 5.83. The molecule has 2 amide bonds. The van der Waals surface area contributed by atoms with Crippen LogP contribution in [0, 0.1) is 12.8 Å². The zero-order valence-corrected chi connectivity index (χ0v) is 20.4. The lowest BCUT2D eigenvalue weighted by molar-refractivity contribution is -0.137. The van der Waals surface area contributed by atoms with E-state index in [1.165, 1.54) is 12.1 Å². The summed E-state index contributed by atoms with van der Waals surface area (Å²) >= 11 is 1.58. The highest BCUT2D eigenvalue weighted by atomic mass is 32.1. The standard InChI is InChI=1S/C24H31F3N4O2S/c1-14(2)11-28-18-7-8-20(19(10-18)23-30-15(3)13-34-23)31-21(32)12-29-22(33)16-5-4-6-17(9-16)24(25,26)27/h4-6,9,13-14,18-20,28H,7-8,10-12H2,1-3H3,(H,29,33)(H,31,32)/t18-,19-,20+/m1/s1. The van der Waals surface area contributed by atoms with Crippen LogP contribution in [0.4, 0.5) is 13.2 Å². The highest BCUT2D eigenvalue weighted by Crippen LogP contribution is 2.35. The highest BCUT2D eigenvalue weighted by Gasteiger charge is 2.34. The minimum atomic E-state index is -4.54. The van der Waals surface area contributed by atoms with E-state index in [2.05, 4.69) is 34.8 Å². The van der Waals surface area contributed by atoms with Crippen molar-refractivity contribution in [3.8, 4) is 0 Å². The van der Waals surface area contributed by atoms with Crippen LogP contribution >= 0.6 is 11.3 Å². The van der Waals surface area contributed by atoms with Crippen LogP contribution in [0.2, 0.25) is 0 Å². The number of amides is 2. The van der Waals surface area contributed by atoms with E-state index in [0.29, 0.717) is 12.0 Å². The fourth-order valence-electron chi connectivity index (χ4n) is 4.10. The van der Waals surface area contributed by atoms with E-state index >= 15 is 0 Å². The number of aromatic nitrogens is 1. The lowest BCUT2D eigenvalue weighted by Gasteiger charge is -2.36. The number of carbonyl (C=O) groups is 2. The molecule has 0 saturated heterocycles. The van der Waals surface area contributed by atoms with E-state index in [-0.39, 0.29) is 30.0 Å². The molecule has 0 unspecified atom stereocenters. The van der Waals surface area contributed by atoms with E-state index < -0.39 is 17.6 Å². The van der Waals surface area contributed by atoms with E-state index in [1.807, 2.05) is 12.3 Å². The predicted molar refractivity (Wildman–Crippen MR) is 126 cm³/mol. The Labute approximate surface area is 201 Å². The van der Waals surface area contributed by atoms with Crippen LogP contribution < -0.4 is 16.0 Å². The Hall–Kier alpha value is -2.46. The number of nitrogens with one attached hydrogen (secondary N) is 3. The molecule has 1 aromatic heterocycles. The second-order valence-corrected chi connectivity index (χ2v) is 10.1. The zero-order valence-electron chi connectivity index (χ0n) is 19.5. The molecule has 3 atom stereocenters. The Bertz CT molecular complexity index is 993. The molecule has 10 heteroatoms. The second kappa shape index (κ2) is 11.3. The lowest BCUT2D eigenvalue weighted by atomic mass is 9.81. The molecule has 1 aliphatic rings. The monoisotopic (exact) mass is 496 g/mol. The molecule has 1 fully saturated rings. The predicted octanol–water partition coefficient (Wildman–Crippen LogP) is 4.27. The number of carbonyl (C=O) groups excluding carboxylic acids is 2. The van der Waals surface area contributed by atoms with Gasteiger partial charge in [0.1, 0.15) is 0 Å². The average molecular weight is 497 g/mol. The molecule has 6 nitrogen and oxygen atoms in total. The van der Waals surface area contributed by atoms with Gasteiger partial charge >= 0.3 is 6.18 Å². The third-order valence-corrected chi connectivity index (χ3v) is 6.92. The van der Waals surface area contributed by atoms with Gasteiger partial charge in [0.05, 0.1) is 17.1 Å². The molecule has 1 heterocycles. The minimum absolute atomic E-state index is 0.0558. The molecule has 3 N–H and O–H groups in total. The van der Waals surface area contributed by atoms with Crippen molar-refractivity contribution in [2.24, 2.45) is 5.92 Å². The molecule has 1 saturated carbocycles. The van der Waals surface area contributed by atoms with Gasteiger partial charge in [0.25, 0.3) is 5.91 Å². The van der Waals surface area contributed by atoms with E-state index in [9.17, 15) is 22.8 Å². The first kappa shape index (κ1) is 26.2. The summed E-state index contributed by atoms with van der Waals surface area (Å²) in [4.78, 5) is 29.6. The summed E-state index contributed by atoms with van der Waals surface area (Å²) in [6.45, 7) is 6.87. The Morgan fingerprint density at radius 1 is 1.24 bits per heavy atom. The zero-order chi connectivity index (χ0) is 24.9. The van der Waals surface area contributed by atoms with E-state index in [4.69, 9.17) is 0 Å². The lowest BCUT2D eigenvalue weighted by Crippen LogP contribution is -2.49. The van der Waals surface area contributed by atoms with Crippen LogP contribution in [0.3, 0.4) is 0 Å². The Balaban J connectivity index is 1.59. The van der Waals surface area contributed by atoms with Crippen molar-refractivity contribution >= 4 is 23.2 Å². The fraction of sp³-hybridized carbons (Fsp3) is 0.542. The molecule has 1 aromatic carbocycles. The number of nitrogens with zero attached hydrogens (tertiary/aromatic N) is 1. The van der Waals surface area contributed by atoms with E-state index in [1.54, 1.807) is 11.3 Å². The number of hydrogen-bond acceptors (Lipinski definition) is 5. The van der Waals surface area contributed by atoms with Gasteiger partial charge in [-0.3, -0.25) is 9.59 Å². The van der Waals surface area contributed by atoms with Gasteiger partial charge < -0.3 is 16.0 Å². The summed E-state index contributed by atoms with van der Waals surface area (Å²) < 4.78 is 38.7. The van der Waals surface area contributed by atoms with Crippen molar-refractivity contribution < 1.29 is 22.8 Å². The molecule has 1 aliphatic carbocycles. The van der Waals surface area contributed by atoms with E-state index in [0.717, 1.165) is 48.6 Å². The van der Waals surface area contributed by atoms with Crippen molar-refractivity contribution in [2.75, 3.05) is 13.1 Å². The van der Waals surface area contributed by atoms with Gasteiger partial charge in [-0.05, 0) is 56.8 Å². The smallest absolute Gasteiger partial charge is 0.351 e. The maximum absolute atomic E-state index is 12.9. The van der Waals surface area contributed by atoms with Crippen molar-refractivity contribution in [1.82, 2.24) is 20.9 Å². The first-order valence-electron chi connectivity index (χ1n) is 11.4. The molecular weight excluding hydrogens is 465 g/mol. The Kier molecular flexibility index (Phi) is 8.70. The second-order valence-electron chi connectivity index (χ2n) is 9.18. The first-order valence-corrected chi connectivity index (χ1v) is 12.3. The van der Waals surface area contributed by atoms with Crippen molar-refractivity contribution in [1.29, 1.82) is 0 Å². The number of hydrogen-bond donors (Lipinski definition) is 3. The molecule has 0 aliphatic heterocycles. The van der Waals surface area contributed by atoms with Crippen LogP contribution in [0.25, 0.3) is 0 Å². The Morgan fingerprint density at radius 3 is 2.65 bits per heavy atom. The normalized spacial score (nSPS) is 20.9. The van der Waals surface area contributed by atoms with Gasteiger partial charge in [-0.2, -0.15) is 13.2 Å². The molecule has 34 heavy (non-hydrogen) atoms. The number of alkyl halides is 3. The van der Waals surface area contributed by atoms with Crippen LogP contribution in [-0.4, -0.2) is 42.0 Å². The minimum Gasteiger partial charge on any atom is -0.351 e. The molecule has 0 bridgehead atoms. The average Bonchev–Trinajstić information content (AvgIpc) is 3.22. The molecule has 0 spiro atoms. The molecule has 2 aromatic rings. The molecule has 0 radical (unpaired) electrons. The topological polar surface area (TPSA) is 83.1 Å². The summed E-state index contributed by atoms with van der Waals surface area (Å²) in [5, 5.41) is 12.0. The maximum atomic E-state index is 12.9. The number of aryl methyl sites for hydroxylation is 1. The quantitative estimate of drug-likeness (QED) is 0.510. The fourth-order valence-corrected chi connectivity index (χ4v) is 5.08. The van der Waals surface area contributed by atoms with Gasteiger partial charge in [0.15, 0.2) is 0 Å². The van der Waals surface area contributed by atoms with Gasteiger partial charge in [-0.15, -0.1) is 11.3 Å². The molecule has 3 rings (SSSR count). The number of halogens is 3. The SMILES string of the molecule is Cc1csc([C@@H]2C[C@H](NCC(C)C)CC[C@@H]2NC(=O)CNC(=O)c2cccc(C(F)(F)F)c2)n1. The van der Waals surface area contributed by atoms with Crippen molar-refractivity contribution in [3.05, 3.63) is 51.5 Å². The molecular formula is C24H31F3N4O2S. The maximum Gasteiger partial charge on any atom is 0.416 e. The van der Waals surface area contributed by atoms with Crippen LogP contribution in [-0.2, 0) is 11.0 Å². The largest absolute Gasteiger partial charge is 0.416 e. The highest BCUT2D eigenvalue weighted by molar-refractivity contribution is 7.09. The first-order chi connectivity index (χ1) is 16.0. The van der Waals surface area contributed by atoms with Gasteiger partial charge in [-0.1, -0.05) is 19.9 Å². The van der Waals surface area contributed by atoms with Crippen molar-refractivity contribution in [3.63, 3.8) is 0 Å². The summed E-state index contributed by atoms with van der Waals surface area (Å²) in [6.07, 6.45) is -2.01. The van der Waals surface area contributed by atoms with Gasteiger partial charge in [0.2, 0.25) is 5.91 Å². The summed E-state index contributed by atoms with van der Waals surface area (Å²) in [6, 6.07) is 4.35. The van der Waals surface area contributed by atoms with Gasteiger partial charge in [-0.25, -0.2) is 4.98 Å². The summed E-state index contributed by atoms with van der Waals surface area (Å²) in [5.41, 5.74) is -0.111. The van der Waals surface area contributed by atoms with Gasteiger partial charge in [0, 0.05) is 34.6 Å². The number of rotatable bonds is 8. The summed E-state index contributed by atoms with van der Waals surface area (Å²) in [5.74, 6) is -0.509. The molecule has 186 valence electrons. The Morgan fingerprint density at radius 2 is 2.00 bits per heavy atom. The van der Waals surface area contributed by atoms with Crippen molar-refractivity contribution in [2.45, 2.75) is 64.2 Å². The van der Waals surface area contributed by atoms with Crippen LogP contribution in [0.5, 0.6) is 0 Å². The third kappa shape index (κ3) is 7.27. The number of benzene rings is 1. The van der Waals surface area contributed by atoms with Crippen LogP contribution in [0.15, 0.2) is 29.6 Å². The van der Waals surface area contributed by atoms with Crippen LogP contribution in [0.1, 0.15) is 65.7 Å².